The first-order chi connectivity index (χ1) is 11.3. The third-order valence-electron chi connectivity index (χ3n) is 8.39. The normalized spacial score (nSPS) is 50.6. The van der Waals surface area contributed by atoms with Crippen LogP contribution in [0.15, 0.2) is 11.6 Å². The maximum absolute atomic E-state index is 12.3. The van der Waals surface area contributed by atoms with E-state index < -0.39 is 0 Å². The second-order valence-corrected chi connectivity index (χ2v) is 9.91. The number of carbonyl (C=O) groups is 2. The smallest absolute Gasteiger partial charge is 0.155 e. The zero-order valence-electron chi connectivity index (χ0n) is 15.1. The largest absolute Gasteiger partial charge is 0.300 e. The molecular weight excluding hydrogens is 320 g/mol. The van der Waals surface area contributed by atoms with Crippen molar-refractivity contribution in [2.45, 2.75) is 71.1 Å². The molecule has 0 bridgehead atoms. The molecule has 0 N–H and O–H groups in total. The Morgan fingerprint density at radius 3 is 2.62 bits per heavy atom. The van der Waals surface area contributed by atoms with Gasteiger partial charge in [-0.25, -0.2) is 0 Å². The lowest BCUT2D eigenvalue weighted by atomic mass is 9.46. The summed E-state index contributed by atoms with van der Waals surface area (Å²) in [6.07, 6.45) is 9.22. The van der Waals surface area contributed by atoms with Crippen LogP contribution in [0.3, 0.4) is 0 Å². The van der Waals surface area contributed by atoms with E-state index in [0.717, 1.165) is 25.7 Å². The van der Waals surface area contributed by atoms with Gasteiger partial charge in [0.25, 0.3) is 0 Å². The van der Waals surface area contributed by atoms with Gasteiger partial charge in [0.1, 0.15) is 5.78 Å². The molecule has 132 valence electrons. The third kappa shape index (κ3) is 2.14. The van der Waals surface area contributed by atoms with E-state index in [1.54, 1.807) is 6.92 Å². The molecule has 3 saturated carbocycles. The summed E-state index contributed by atoms with van der Waals surface area (Å²) in [6.45, 7) is 6.47. The van der Waals surface area contributed by atoms with Crippen molar-refractivity contribution in [1.29, 1.82) is 0 Å². The van der Waals surface area contributed by atoms with Crippen molar-refractivity contribution in [2.75, 3.05) is 0 Å². The van der Waals surface area contributed by atoms with Gasteiger partial charge in [-0.05, 0) is 80.1 Å². The second kappa shape index (κ2) is 5.43. The molecule has 4 aliphatic carbocycles. The summed E-state index contributed by atoms with van der Waals surface area (Å²) < 4.78 is 0. The van der Waals surface area contributed by atoms with Gasteiger partial charge in [0.15, 0.2) is 5.78 Å². The Hall–Kier alpha value is -0.630. The molecular formula is C21H29ClO2. The highest BCUT2D eigenvalue weighted by molar-refractivity contribution is 6.22. The average Bonchev–Trinajstić information content (AvgIpc) is 2.78. The molecule has 0 heterocycles. The highest BCUT2D eigenvalue weighted by atomic mass is 35.5. The van der Waals surface area contributed by atoms with Gasteiger partial charge in [0, 0.05) is 17.7 Å². The van der Waals surface area contributed by atoms with Gasteiger partial charge in [-0.15, -0.1) is 11.6 Å². The van der Waals surface area contributed by atoms with Crippen LogP contribution in [-0.4, -0.2) is 16.9 Å². The predicted octanol–water partition coefficient (Wildman–Crippen LogP) is 4.94. The fourth-order valence-corrected chi connectivity index (χ4v) is 7.91. The average molecular weight is 349 g/mol. The van der Waals surface area contributed by atoms with Crippen LogP contribution in [-0.2, 0) is 9.59 Å². The standard InChI is InChI=1S/C21H29ClO2/c1-12(23)19-18(22)11-17-15-5-4-13-10-14(24)6-8-20(13,2)16(15)7-9-21(17,19)3/h10,15-19H,4-9,11H2,1-3H3/t15-,16+,17+,18?,19+,20+,21+/m1/s1. The molecule has 4 rings (SSSR count). The molecule has 1 unspecified atom stereocenters. The molecule has 0 aromatic heterocycles. The molecule has 0 spiro atoms. The summed E-state index contributed by atoms with van der Waals surface area (Å²) >= 11 is 6.68. The number of hydrogen-bond donors (Lipinski definition) is 0. The van der Waals surface area contributed by atoms with Crippen LogP contribution in [0.1, 0.15) is 65.7 Å². The molecule has 3 fully saturated rings. The number of ketones is 2. The van der Waals surface area contributed by atoms with E-state index in [2.05, 4.69) is 13.8 Å². The maximum atomic E-state index is 12.3. The minimum Gasteiger partial charge on any atom is -0.300 e. The van der Waals surface area contributed by atoms with E-state index in [-0.39, 0.29) is 27.9 Å². The van der Waals surface area contributed by atoms with Crippen LogP contribution in [0.2, 0.25) is 0 Å². The summed E-state index contributed by atoms with van der Waals surface area (Å²) in [5, 5.41) is 0.00827. The Morgan fingerprint density at radius 1 is 1.17 bits per heavy atom. The molecule has 0 aromatic rings. The monoisotopic (exact) mass is 348 g/mol. The second-order valence-electron chi connectivity index (χ2n) is 9.35. The highest BCUT2D eigenvalue weighted by Crippen LogP contribution is 2.67. The first-order valence-corrected chi connectivity index (χ1v) is 10.1. The van der Waals surface area contributed by atoms with Crippen molar-refractivity contribution in [2.24, 2.45) is 34.5 Å². The SMILES string of the molecule is CC(=O)[C@H]1C(Cl)C[C@H]2[C@@H]3CCC4=CC(=O)CC[C@]4(C)[C@H]3CC[C@]12C. The van der Waals surface area contributed by atoms with Gasteiger partial charge < -0.3 is 0 Å². The topological polar surface area (TPSA) is 34.1 Å². The van der Waals surface area contributed by atoms with Crippen molar-refractivity contribution >= 4 is 23.2 Å². The van der Waals surface area contributed by atoms with Gasteiger partial charge in [0.2, 0.25) is 0 Å². The number of Topliss-reactive ketones (excluding diaryl/α,β-unsaturated/α-hetero) is 1. The fraction of sp³-hybridized carbons (Fsp3) is 0.810. The van der Waals surface area contributed by atoms with Crippen LogP contribution >= 0.6 is 11.6 Å². The van der Waals surface area contributed by atoms with E-state index in [9.17, 15) is 9.59 Å². The Morgan fingerprint density at radius 2 is 1.92 bits per heavy atom. The molecule has 4 aliphatic rings. The molecule has 0 radical (unpaired) electrons. The van der Waals surface area contributed by atoms with Gasteiger partial charge in [-0.3, -0.25) is 9.59 Å². The zero-order chi connectivity index (χ0) is 17.3. The van der Waals surface area contributed by atoms with Crippen LogP contribution in [0.4, 0.5) is 0 Å². The van der Waals surface area contributed by atoms with Crippen molar-refractivity contribution in [3.63, 3.8) is 0 Å². The summed E-state index contributed by atoms with van der Waals surface area (Å²) in [5.41, 5.74) is 1.70. The quantitative estimate of drug-likeness (QED) is 0.629. The van der Waals surface area contributed by atoms with Crippen molar-refractivity contribution in [1.82, 2.24) is 0 Å². The molecule has 3 heteroatoms. The number of allylic oxidation sites excluding steroid dienone is 1. The number of carbonyl (C=O) groups excluding carboxylic acids is 2. The van der Waals surface area contributed by atoms with Gasteiger partial charge in [0.05, 0.1) is 0 Å². The lowest BCUT2D eigenvalue weighted by molar-refractivity contribution is -0.128. The predicted molar refractivity (Wildman–Crippen MR) is 95.9 cm³/mol. The first-order valence-electron chi connectivity index (χ1n) is 9.66. The van der Waals surface area contributed by atoms with E-state index in [1.807, 2.05) is 6.08 Å². The first kappa shape index (κ1) is 16.8. The number of alkyl halides is 1. The number of hydrogen-bond acceptors (Lipinski definition) is 2. The fourth-order valence-electron chi connectivity index (χ4n) is 7.25. The lowest BCUT2D eigenvalue weighted by Gasteiger charge is -2.58. The van der Waals surface area contributed by atoms with Crippen LogP contribution in [0.5, 0.6) is 0 Å². The van der Waals surface area contributed by atoms with Gasteiger partial charge >= 0.3 is 0 Å². The van der Waals surface area contributed by atoms with E-state index in [4.69, 9.17) is 11.6 Å². The lowest BCUT2D eigenvalue weighted by Crippen LogP contribution is -2.51. The molecule has 0 aromatic carbocycles. The minimum atomic E-state index is 0.00827. The van der Waals surface area contributed by atoms with Crippen molar-refractivity contribution in [3.05, 3.63) is 11.6 Å². The third-order valence-corrected chi connectivity index (χ3v) is 8.82. The molecule has 7 atom stereocenters. The van der Waals surface area contributed by atoms with Crippen LogP contribution in [0, 0.1) is 34.5 Å². The molecule has 0 saturated heterocycles. The van der Waals surface area contributed by atoms with E-state index in [0.29, 0.717) is 30.0 Å². The summed E-state index contributed by atoms with van der Waals surface area (Å²) in [6, 6.07) is 0. The van der Waals surface area contributed by atoms with Crippen LogP contribution in [0.25, 0.3) is 0 Å². The Bertz CT molecular complexity index is 623. The summed E-state index contributed by atoms with van der Waals surface area (Å²) in [7, 11) is 0. The maximum Gasteiger partial charge on any atom is 0.155 e. The molecule has 0 amide bonds. The van der Waals surface area contributed by atoms with Gasteiger partial charge in [-0.2, -0.15) is 0 Å². The number of fused-ring (bicyclic) bond motifs is 5. The number of halogens is 1. The molecule has 24 heavy (non-hydrogen) atoms. The Balaban J connectivity index is 1.69. The minimum absolute atomic E-state index is 0.00827. The Kier molecular flexibility index (Phi) is 3.81. The van der Waals surface area contributed by atoms with Crippen LogP contribution < -0.4 is 0 Å². The summed E-state index contributed by atoms with van der Waals surface area (Å²) in [5.74, 6) is 2.54. The highest BCUT2D eigenvalue weighted by Gasteiger charge is 2.62. The van der Waals surface area contributed by atoms with E-state index in [1.165, 1.54) is 18.4 Å². The van der Waals surface area contributed by atoms with Gasteiger partial charge in [-0.1, -0.05) is 19.4 Å². The number of rotatable bonds is 1. The van der Waals surface area contributed by atoms with E-state index >= 15 is 0 Å². The molecule has 2 nitrogen and oxygen atoms in total. The Labute approximate surface area is 150 Å². The molecule has 0 aliphatic heterocycles. The van der Waals surface area contributed by atoms with Crippen molar-refractivity contribution in [3.8, 4) is 0 Å². The van der Waals surface area contributed by atoms with Crippen molar-refractivity contribution < 1.29 is 9.59 Å². The zero-order valence-corrected chi connectivity index (χ0v) is 15.9. The summed E-state index contributed by atoms with van der Waals surface area (Å²) in [4.78, 5) is 24.2.